The molecule has 1 aliphatic heterocycles. The third kappa shape index (κ3) is 5.65. The van der Waals surface area contributed by atoms with Crippen molar-refractivity contribution >= 4 is 28.3 Å². The highest BCUT2D eigenvalue weighted by Gasteiger charge is 2.34. The highest BCUT2D eigenvalue weighted by Crippen LogP contribution is 2.22. The van der Waals surface area contributed by atoms with E-state index in [1.54, 1.807) is 6.92 Å². The van der Waals surface area contributed by atoms with Crippen molar-refractivity contribution in [3.05, 3.63) is 0 Å². The van der Waals surface area contributed by atoms with E-state index < -0.39 is 15.8 Å². The standard InChI is InChI=1S/C11H21F2N3O3S.ClH/c1-8(6-14)10(17)15-7-9-2-4-16(5-3-9)20(18,19)11(12)13;/h8-9,11H,2-7,14H2,1H3,(H,15,17);1H. The molecule has 0 bridgehead atoms. The van der Waals surface area contributed by atoms with E-state index in [1.165, 1.54) is 0 Å². The zero-order valence-electron chi connectivity index (χ0n) is 11.8. The number of alkyl halides is 2. The number of halogens is 3. The average Bonchev–Trinajstić information content (AvgIpc) is 2.44. The number of rotatable bonds is 6. The fourth-order valence-electron chi connectivity index (χ4n) is 2.01. The van der Waals surface area contributed by atoms with Gasteiger partial charge in [-0.2, -0.15) is 13.1 Å². The quantitative estimate of drug-likeness (QED) is 0.725. The van der Waals surface area contributed by atoms with Crippen molar-refractivity contribution in [1.29, 1.82) is 0 Å². The molecule has 21 heavy (non-hydrogen) atoms. The monoisotopic (exact) mass is 349 g/mol. The molecule has 0 saturated carbocycles. The number of carbonyl (C=O) groups excluding carboxylic acids is 1. The smallest absolute Gasteiger partial charge is 0.350 e. The predicted molar refractivity (Wildman–Crippen MR) is 77.7 cm³/mol. The van der Waals surface area contributed by atoms with Crippen molar-refractivity contribution < 1.29 is 22.0 Å². The lowest BCUT2D eigenvalue weighted by molar-refractivity contribution is -0.124. The second kappa shape index (κ2) is 8.82. The molecule has 1 rings (SSSR count). The summed E-state index contributed by atoms with van der Waals surface area (Å²) in [5.74, 6) is -3.68. The number of nitrogens with one attached hydrogen (secondary N) is 1. The third-order valence-corrected chi connectivity index (χ3v) is 5.06. The van der Waals surface area contributed by atoms with Crippen LogP contribution in [0.25, 0.3) is 0 Å². The summed E-state index contributed by atoms with van der Waals surface area (Å²) in [5, 5.41) is 2.74. The van der Waals surface area contributed by atoms with E-state index in [-0.39, 0.29) is 49.8 Å². The van der Waals surface area contributed by atoms with Gasteiger partial charge in [0, 0.05) is 32.1 Å². The summed E-state index contributed by atoms with van der Waals surface area (Å²) >= 11 is 0. The van der Waals surface area contributed by atoms with Crippen LogP contribution in [0.5, 0.6) is 0 Å². The Balaban J connectivity index is 0.00000400. The van der Waals surface area contributed by atoms with Gasteiger partial charge in [0.05, 0.1) is 0 Å². The Kier molecular flexibility index (Phi) is 8.60. The molecule has 1 fully saturated rings. The van der Waals surface area contributed by atoms with Gasteiger partial charge in [-0.25, -0.2) is 8.42 Å². The second-order valence-electron chi connectivity index (χ2n) is 5.03. The van der Waals surface area contributed by atoms with Gasteiger partial charge >= 0.3 is 5.76 Å². The van der Waals surface area contributed by atoms with E-state index in [1.807, 2.05) is 0 Å². The van der Waals surface area contributed by atoms with Gasteiger partial charge in [-0.15, -0.1) is 12.4 Å². The molecular weight excluding hydrogens is 328 g/mol. The predicted octanol–water partition coefficient (Wildman–Crippen LogP) is 0.384. The van der Waals surface area contributed by atoms with E-state index in [0.717, 1.165) is 4.31 Å². The summed E-state index contributed by atoms with van der Waals surface area (Å²) in [5.41, 5.74) is 5.37. The summed E-state index contributed by atoms with van der Waals surface area (Å²) in [4.78, 5) is 11.5. The van der Waals surface area contributed by atoms with Crippen LogP contribution in [0.2, 0.25) is 0 Å². The Morgan fingerprint density at radius 1 is 1.38 bits per heavy atom. The van der Waals surface area contributed by atoms with Crippen molar-refractivity contribution in [3.8, 4) is 0 Å². The third-order valence-electron chi connectivity index (χ3n) is 3.52. The topological polar surface area (TPSA) is 92.5 Å². The Bertz CT molecular complexity index is 428. The minimum Gasteiger partial charge on any atom is -0.356 e. The second-order valence-corrected chi connectivity index (χ2v) is 6.93. The molecule has 6 nitrogen and oxygen atoms in total. The lowest BCUT2D eigenvalue weighted by Crippen LogP contribution is -2.44. The Morgan fingerprint density at radius 2 is 1.90 bits per heavy atom. The van der Waals surface area contributed by atoms with Crippen molar-refractivity contribution in [1.82, 2.24) is 9.62 Å². The van der Waals surface area contributed by atoms with Gasteiger partial charge < -0.3 is 11.1 Å². The number of nitrogens with zero attached hydrogens (tertiary/aromatic N) is 1. The van der Waals surface area contributed by atoms with Gasteiger partial charge in [0.25, 0.3) is 10.0 Å². The van der Waals surface area contributed by atoms with Gasteiger partial charge in [-0.3, -0.25) is 4.79 Å². The first-order valence-electron chi connectivity index (χ1n) is 6.54. The summed E-state index contributed by atoms with van der Waals surface area (Å²) in [7, 11) is -4.48. The zero-order chi connectivity index (χ0) is 15.3. The van der Waals surface area contributed by atoms with Gasteiger partial charge in [-0.1, -0.05) is 6.92 Å². The minimum atomic E-state index is -4.48. The molecule has 0 aliphatic carbocycles. The highest BCUT2D eigenvalue weighted by atomic mass is 35.5. The van der Waals surface area contributed by atoms with E-state index in [9.17, 15) is 22.0 Å². The number of hydrogen-bond donors (Lipinski definition) is 2. The van der Waals surface area contributed by atoms with Crippen molar-refractivity contribution in [2.45, 2.75) is 25.5 Å². The van der Waals surface area contributed by atoms with Crippen molar-refractivity contribution in [2.24, 2.45) is 17.6 Å². The van der Waals surface area contributed by atoms with Crippen LogP contribution >= 0.6 is 12.4 Å². The summed E-state index contributed by atoms with van der Waals surface area (Å²) in [6.45, 7) is 2.54. The molecule has 1 saturated heterocycles. The number of piperidine rings is 1. The molecule has 1 amide bonds. The first-order valence-corrected chi connectivity index (χ1v) is 8.04. The largest absolute Gasteiger partial charge is 0.356 e. The Labute approximate surface area is 129 Å². The van der Waals surface area contributed by atoms with Gasteiger partial charge in [0.1, 0.15) is 0 Å². The van der Waals surface area contributed by atoms with Crippen LogP contribution in [0, 0.1) is 11.8 Å². The fraction of sp³-hybridized carbons (Fsp3) is 0.909. The SMILES string of the molecule is CC(CN)C(=O)NCC1CCN(S(=O)(=O)C(F)F)CC1.Cl. The zero-order valence-corrected chi connectivity index (χ0v) is 13.4. The molecule has 1 heterocycles. The molecule has 0 aromatic heterocycles. The lowest BCUT2D eigenvalue weighted by atomic mass is 9.98. The molecule has 1 aliphatic rings. The fourth-order valence-corrected chi connectivity index (χ4v) is 2.95. The number of amides is 1. The van der Waals surface area contributed by atoms with Crippen LogP contribution in [0.15, 0.2) is 0 Å². The maximum atomic E-state index is 12.4. The molecule has 10 heteroatoms. The molecular formula is C11H22ClF2N3O3S. The first kappa shape index (κ1) is 20.5. The molecule has 0 spiro atoms. The normalized spacial score (nSPS) is 19.1. The van der Waals surface area contributed by atoms with Crippen LogP contribution in [0.3, 0.4) is 0 Å². The number of carbonyl (C=O) groups is 1. The Hall–Kier alpha value is -0.510. The maximum Gasteiger partial charge on any atom is 0.350 e. The number of hydrogen-bond acceptors (Lipinski definition) is 4. The van der Waals surface area contributed by atoms with E-state index >= 15 is 0 Å². The van der Waals surface area contributed by atoms with E-state index in [0.29, 0.717) is 19.4 Å². The summed E-state index contributed by atoms with van der Waals surface area (Å²) < 4.78 is 48.1. The number of sulfonamides is 1. The average molecular weight is 350 g/mol. The van der Waals surface area contributed by atoms with Crippen LogP contribution < -0.4 is 11.1 Å². The minimum absolute atomic E-state index is 0. The van der Waals surface area contributed by atoms with E-state index in [4.69, 9.17) is 5.73 Å². The maximum absolute atomic E-state index is 12.4. The van der Waals surface area contributed by atoms with E-state index in [2.05, 4.69) is 5.32 Å². The molecule has 0 radical (unpaired) electrons. The highest BCUT2D eigenvalue weighted by molar-refractivity contribution is 7.89. The van der Waals surface area contributed by atoms with Crippen LogP contribution in [0.1, 0.15) is 19.8 Å². The van der Waals surface area contributed by atoms with Crippen LogP contribution in [-0.2, 0) is 14.8 Å². The van der Waals surface area contributed by atoms with Crippen LogP contribution in [0.4, 0.5) is 8.78 Å². The molecule has 0 aromatic rings. The van der Waals surface area contributed by atoms with Crippen LogP contribution in [-0.4, -0.2) is 50.6 Å². The van der Waals surface area contributed by atoms with Crippen molar-refractivity contribution in [2.75, 3.05) is 26.2 Å². The molecule has 0 aromatic carbocycles. The summed E-state index contributed by atoms with van der Waals surface area (Å²) in [6, 6.07) is 0. The van der Waals surface area contributed by atoms with Gasteiger partial charge in [0.2, 0.25) is 5.91 Å². The molecule has 3 N–H and O–H groups in total. The summed E-state index contributed by atoms with van der Waals surface area (Å²) in [6.07, 6.45) is 0.923. The van der Waals surface area contributed by atoms with Gasteiger partial charge in [0.15, 0.2) is 0 Å². The van der Waals surface area contributed by atoms with Gasteiger partial charge in [-0.05, 0) is 18.8 Å². The van der Waals surface area contributed by atoms with Crippen molar-refractivity contribution in [3.63, 3.8) is 0 Å². The molecule has 1 atom stereocenters. The molecule has 126 valence electrons. The Morgan fingerprint density at radius 3 is 2.33 bits per heavy atom. The first-order chi connectivity index (χ1) is 9.28. The lowest BCUT2D eigenvalue weighted by Gasteiger charge is -2.31. The number of nitrogens with two attached hydrogens (primary N) is 1. The molecule has 1 unspecified atom stereocenters.